The maximum absolute atomic E-state index is 11.5. The SMILES string of the molecule is Nc1ccc(Sc2ccccc2)c(S(N)(=O)=O)c1. The van der Waals surface area contributed by atoms with E-state index >= 15 is 0 Å². The Balaban J connectivity index is 2.46. The van der Waals surface area contributed by atoms with Gasteiger partial charge >= 0.3 is 0 Å². The van der Waals surface area contributed by atoms with Gasteiger partial charge < -0.3 is 5.73 Å². The molecular formula is C12H12N2O2S2. The van der Waals surface area contributed by atoms with Crippen LogP contribution in [0.5, 0.6) is 0 Å². The number of hydrogen-bond donors (Lipinski definition) is 2. The molecular weight excluding hydrogens is 268 g/mol. The zero-order chi connectivity index (χ0) is 13.2. The predicted molar refractivity (Wildman–Crippen MR) is 72.8 cm³/mol. The summed E-state index contributed by atoms with van der Waals surface area (Å²) in [6, 6.07) is 14.1. The van der Waals surface area contributed by atoms with Crippen LogP contribution in [0.3, 0.4) is 0 Å². The molecule has 0 aliphatic heterocycles. The number of sulfonamides is 1. The average Bonchev–Trinajstić information content (AvgIpc) is 2.31. The van der Waals surface area contributed by atoms with E-state index in [-0.39, 0.29) is 4.90 Å². The smallest absolute Gasteiger partial charge is 0.239 e. The lowest BCUT2D eigenvalue weighted by Crippen LogP contribution is -2.13. The highest BCUT2D eigenvalue weighted by Crippen LogP contribution is 2.33. The minimum atomic E-state index is -3.78. The summed E-state index contributed by atoms with van der Waals surface area (Å²) >= 11 is 1.34. The molecule has 0 atom stereocenters. The van der Waals surface area contributed by atoms with Gasteiger partial charge in [-0.3, -0.25) is 0 Å². The molecule has 94 valence electrons. The lowest BCUT2D eigenvalue weighted by Gasteiger charge is -2.08. The molecule has 0 unspecified atom stereocenters. The topological polar surface area (TPSA) is 86.2 Å². The zero-order valence-electron chi connectivity index (χ0n) is 9.41. The molecule has 0 fully saturated rings. The van der Waals surface area contributed by atoms with Gasteiger partial charge in [0.1, 0.15) is 0 Å². The van der Waals surface area contributed by atoms with Crippen molar-refractivity contribution in [2.45, 2.75) is 14.7 Å². The number of hydrogen-bond acceptors (Lipinski definition) is 4. The van der Waals surface area contributed by atoms with Gasteiger partial charge in [0.05, 0.1) is 4.90 Å². The van der Waals surface area contributed by atoms with Gasteiger partial charge in [-0.1, -0.05) is 30.0 Å². The highest BCUT2D eigenvalue weighted by Gasteiger charge is 2.15. The summed E-state index contributed by atoms with van der Waals surface area (Å²) in [5.74, 6) is 0. The first-order valence-electron chi connectivity index (χ1n) is 5.12. The molecule has 2 rings (SSSR count). The summed E-state index contributed by atoms with van der Waals surface area (Å²) in [6.45, 7) is 0. The first-order valence-corrected chi connectivity index (χ1v) is 7.48. The van der Waals surface area contributed by atoms with Crippen LogP contribution in [-0.2, 0) is 10.0 Å². The van der Waals surface area contributed by atoms with E-state index in [1.807, 2.05) is 30.3 Å². The fourth-order valence-corrected chi connectivity index (χ4v) is 3.41. The molecule has 0 radical (unpaired) electrons. The molecule has 0 heterocycles. The summed E-state index contributed by atoms with van der Waals surface area (Å²) in [5, 5.41) is 5.18. The van der Waals surface area contributed by atoms with Crippen molar-refractivity contribution in [3.05, 3.63) is 48.5 Å². The van der Waals surface area contributed by atoms with Gasteiger partial charge in [-0.15, -0.1) is 0 Å². The predicted octanol–water partition coefficient (Wildman–Crippen LogP) is 2.07. The van der Waals surface area contributed by atoms with Crippen LogP contribution in [0.4, 0.5) is 5.69 Å². The first kappa shape index (κ1) is 12.9. The van der Waals surface area contributed by atoms with E-state index in [0.717, 1.165) is 4.90 Å². The molecule has 0 saturated carbocycles. The standard InChI is InChI=1S/C12H12N2O2S2/c13-9-6-7-11(12(8-9)18(14,15)16)17-10-4-2-1-3-5-10/h1-8H,13H2,(H2,14,15,16). The van der Waals surface area contributed by atoms with Crippen LogP contribution in [0.15, 0.2) is 63.2 Å². The number of primary sulfonamides is 1. The quantitative estimate of drug-likeness (QED) is 0.843. The monoisotopic (exact) mass is 280 g/mol. The van der Waals surface area contributed by atoms with E-state index in [1.165, 1.54) is 17.8 Å². The third-order valence-corrected chi connectivity index (χ3v) is 4.41. The largest absolute Gasteiger partial charge is 0.399 e. The molecule has 6 heteroatoms. The number of anilines is 1. The molecule has 0 aromatic heterocycles. The third kappa shape index (κ3) is 3.04. The summed E-state index contributed by atoms with van der Waals surface area (Å²) in [6.07, 6.45) is 0. The fraction of sp³-hybridized carbons (Fsp3) is 0. The summed E-state index contributed by atoms with van der Waals surface area (Å²) < 4.78 is 23.0. The molecule has 0 bridgehead atoms. The third-order valence-electron chi connectivity index (χ3n) is 2.25. The van der Waals surface area contributed by atoms with E-state index in [4.69, 9.17) is 10.9 Å². The minimum absolute atomic E-state index is 0.0522. The van der Waals surface area contributed by atoms with Crippen LogP contribution in [-0.4, -0.2) is 8.42 Å². The second-order valence-corrected chi connectivity index (χ2v) is 6.31. The van der Waals surface area contributed by atoms with Crippen molar-refractivity contribution in [3.8, 4) is 0 Å². The van der Waals surface area contributed by atoms with Gasteiger partial charge in [-0.2, -0.15) is 0 Å². The Hall–Kier alpha value is -1.50. The number of nitrogens with two attached hydrogens (primary N) is 2. The second-order valence-electron chi connectivity index (χ2n) is 3.67. The minimum Gasteiger partial charge on any atom is -0.399 e. The van der Waals surface area contributed by atoms with Crippen molar-refractivity contribution in [1.82, 2.24) is 0 Å². The number of benzene rings is 2. The summed E-state index contributed by atoms with van der Waals surface area (Å²) in [5.41, 5.74) is 5.96. The van der Waals surface area contributed by atoms with Crippen LogP contribution in [0, 0.1) is 0 Å². The van der Waals surface area contributed by atoms with E-state index in [2.05, 4.69) is 0 Å². The van der Waals surface area contributed by atoms with Crippen molar-refractivity contribution in [1.29, 1.82) is 0 Å². The molecule has 4 N–H and O–H groups in total. The Kier molecular flexibility index (Phi) is 3.60. The fourth-order valence-electron chi connectivity index (χ4n) is 1.45. The van der Waals surface area contributed by atoms with Gasteiger partial charge in [-0.25, -0.2) is 13.6 Å². The normalized spacial score (nSPS) is 11.4. The highest BCUT2D eigenvalue weighted by atomic mass is 32.2. The molecule has 4 nitrogen and oxygen atoms in total. The van der Waals surface area contributed by atoms with Crippen molar-refractivity contribution in [3.63, 3.8) is 0 Å². The molecule has 0 aliphatic carbocycles. The first-order chi connectivity index (χ1) is 8.47. The Morgan fingerprint density at radius 2 is 1.67 bits per heavy atom. The maximum Gasteiger partial charge on any atom is 0.239 e. The molecule has 2 aromatic carbocycles. The van der Waals surface area contributed by atoms with Gasteiger partial charge in [0.25, 0.3) is 0 Å². The zero-order valence-corrected chi connectivity index (χ0v) is 11.0. The van der Waals surface area contributed by atoms with Gasteiger partial charge in [0.15, 0.2) is 0 Å². The van der Waals surface area contributed by atoms with Gasteiger partial charge in [0, 0.05) is 15.5 Å². The average molecular weight is 280 g/mol. The van der Waals surface area contributed by atoms with E-state index in [0.29, 0.717) is 10.6 Å². The van der Waals surface area contributed by atoms with Crippen LogP contribution < -0.4 is 10.9 Å². The lowest BCUT2D eigenvalue weighted by atomic mass is 10.3. The van der Waals surface area contributed by atoms with Crippen LogP contribution >= 0.6 is 11.8 Å². The molecule has 0 amide bonds. The van der Waals surface area contributed by atoms with E-state index in [9.17, 15) is 8.42 Å². The molecule has 0 saturated heterocycles. The Morgan fingerprint density at radius 3 is 2.28 bits per heavy atom. The second kappa shape index (κ2) is 5.01. The Morgan fingerprint density at radius 1 is 1.00 bits per heavy atom. The number of nitrogen functional groups attached to an aromatic ring is 1. The number of rotatable bonds is 3. The summed E-state index contributed by atoms with van der Waals surface area (Å²) in [4.78, 5) is 1.56. The van der Waals surface area contributed by atoms with Gasteiger partial charge in [0.2, 0.25) is 10.0 Å². The maximum atomic E-state index is 11.5. The van der Waals surface area contributed by atoms with Gasteiger partial charge in [-0.05, 0) is 30.3 Å². The van der Waals surface area contributed by atoms with Crippen molar-refractivity contribution in [2.75, 3.05) is 5.73 Å². The van der Waals surface area contributed by atoms with Crippen molar-refractivity contribution < 1.29 is 8.42 Å². The molecule has 18 heavy (non-hydrogen) atoms. The Labute approximate surface area is 110 Å². The molecule has 0 spiro atoms. The van der Waals surface area contributed by atoms with Crippen molar-refractivity contribution >= 4 is 27.5 Å². The van der Waals surface area contributed by atoms with Crippen molar-refractivity contribution in [2.24, 2.45) is 5.14 Å². The molecule has 0 aliphatic rings. The Bertz CT molecular complexity index is 655. The highest BCUT2D eigenvalue weighted by molar-refractivity contribution is 8.00. The van der Waals surface area contributed by atoms with E-state index < -0.39 is 10.0 Å². The van der Waals surface area contributed by atoms with Crippen LogP contribution in [0.2, 0.25) is 0 Å². The summed E-state index contributed by atoms with van der Waals surface area (Å²) in [7, 11) is -3.78. The lowest BCUT2D eigenvalue weighted by molar-refractivity contribution is 0.596. The van der Waals surface area contributed by atoms with Crippen LogP contribution in [0.25, 0.3) is 0 Å². The molecule has 2 aromatic rings. The van der Waals surface area contributed by atoms with Crippen LogP contribution in [0.1, 0.15) is 0 Å². The van der Waals surface area contributed by atoms with E-state index in [1.54, 1.807) is 12.1 Å².